The van der Waals surface area contributed by atoms with E-state index in [1.54, 1.807) is 39.8 Å². The second-order valence-corrected chi connectivity index (χ2v) is 7.51. The molecule has 7 nitrogen and oxygen atoms in total. The van der Waals surface area contributed by atoms with E-state index in [0.717, 1.165) is 16.9 Å². The van der Waals surface area contributed by atoms with Gasteiger partial charge in [0.05, 0.1) is 12.2 Å². The lowest BCUT2D eigenvalue weighted by molar-refractivity contribution is -0.111. The molecular formula is C22H25NO6S. The quantitative estimate of drug-likeness (QED) is 0.360. The highest BCUT2D eigenvalue weighted by Crippen LogP contribution is 2.34. The van der Waals surface area contributed by atoms with Crippen LogP contribution in [0.25, 0.3) is 0 Å². The monoisotopic (exact) mass is 431 g/mol. The standard InChI is InChI=1S/C22H25NO6S/c1-5-27-21(25)18-15(4)19(30-20(18)23-17(24)13-14(2)3)22(26)29-12-11-28-16-9-7-6-8-10-16/h6-10,13H,5,11-12H2,1-4H3,(H,23,24). The molecule has 0 saturated carbocycles. The summed E-state index contributed by atoms with van der Waals surface area (Å²) in [4.78, 5) is 37.3. The summed E-state index contributed by atoms with van der Waals surface area (Å²) in [5.41, 5.74) is 1.36. The molecule has 0 radical (unpaired) electrons. The highest BCUT2D eigenvalue weighted by Gasteiger charge is 2.27. The van der Waals surface area contributed by atoms with Crippen molar-refractivity contribution in [3.63, 3.8) is 0 Å². The molecule has 0 bridgehead atoms. The first kappa shape index (κ1) is 23.2. The zero-order valence-corrected chi connectivity index (χ0v) is 18.3. The molecule has 8 heteroatoms. The summed E-state index contributed by atoms with van der Waals surface area (Å²) in [7, 11) is 0. The molecule has 0 spiro atoms. The number of carbonyl (C=O) groups excluding carboxylic acids is 3. The minimum absolute atomic E-state index is 0.0409. The van der Waals surface area contributed by atoms with Crippen LogP contribution in [0, 0.1) is 6.92 Å². The minimum atomic E-state index is -0.606. The fourth-order valence-corrected chi connectivity index (χ4v) is 3.62. The zero-order valence-electron chi connectivity index (χ0n) is 17.4. The lowest BCUT2D eigenvalue weighted by atomic mass is 10.1. The predicted molar refractivity (Wildman–Crippen MR) is 115 cm³/mol. The van der Waals surface area contributed by atoms with E-state index in [1.807, 2.05) is 18.2 Å². The van der Waals surface area contributed by atoms with Gasteiger partial charge in [-0.15, -0.1) is 11.3 Å². The van der Waals surface area contributed by atoms with Gasteiger partial charge in [0.15, 0.2) is 0 Å². The van der Waals surface area contributed by atoms with E-state index >= 15 is 0 Å². The number of benzene rings is 1. The van der Waals surface area contributed by atoms with Crippen LogP contribution in [-0.2, 0) is 14.3 Å². The molecule has 0 atom stereocenters. The van der Waals surface area contributed by atoms with Gasteiger partial charge in [-0.25, -0.2) is 9.59 Å². The smallest absolute Gasteiger partial charge is 0.348 e. The molecule has 0 aliphatic rings. The zero-order chi connectivity index (χ0) is 22.1. The Balaban J connectivity index is 2.12. The molecule has 30 heavy (non-hydrogen) atoms. The van der Waals surface area contributed by atoms with Gasteiger partial charge in [0.25, 0.3) is 0 Å². The normalized spacial score (nSPS) is 10.1. The Kier molecular flexibility index (Phi) is 8.61. The lowest BCUT2D eigenvalue weighted by Crippen LogP contribution is -2.14. The van der Waals surface area contributed by atoms with Crippen molar-refractivity contribution in [2.75, 3.05) is 25.1 Å². The highest BCUT2D eigenvalue weighted by atomic mass is 32.1. The van der Waals surface area contributed by atoms with Gasteiger partial charge in [-0.05, 0) is 45.4 Å². The number of allylic oxidation sites excluding steroid dienone is 1. The fourth-order valence-electron chi connectivity index (χ4n) is 2.53. The molecule has 0 aliphatic carbocycles. The molecule has 0 fully saturated rings. The lowest BCUT2D eigenvalue weighted by Gasteiger charge is -2.07. The van der Waals surface area contributed by atoms with Crippen molar-refractivity contribution < 1.29 is 28.6 Å². The van der Waals surface area contributed by atoms with Crippen LogP contribution in [0.3, 0.4) is 0 Å². The average Bonchev–Trinajstić information content (AvgIpc) is 3.01. The molecule has 1 aromatic heterocycles. The third kappa shape index (κ3) is 6.45. The van der Waals surface area contributed by atoms with Crippen molar-refractivity contribution in [2.45, 2.75) is 27.7 Å². The van der Waals surface area contributed by atoms with E-state index in [1.165, 1.54) is 6.08 Å². The first-order valence-corrected chi connectivity index (χ1v) is 10.3. The number of ether oxygens (including phenoxy) is 3. The van der Waals surface area contributed by atoms with E-state index in [9.17, 15) is 14.4 Å². The number of esters is 2. The first-order chi connectivity index (χ1) is 14.3. The summed E-state index contributed by atoms with van der Waals surface area (Å²) in [5, 5.41) is 2.91. The molecular weight excluding hydrogens is 406 g/mol. The van der Waals surface area contributed by atoms with Crippen LogP contribution in [0.4, 0.5) is 5.00 Å². The van der Waals surface area contributed by atoms with Gasteiger partial charge in [-0.2, -0.15) is 0 Å². The molecule has 160 valence electrons. The van der Waals surface area contributed by atoms with Crippen LogP contribution >= 0.6 is 11.3 Å². The summed E-state index contributed by atoms with van der Waals surface area (Å²) in [6.45, 7) is 7.28. The van der Waals surface area contributed by atoms with Gasteiger partial charge in [0.2, 0.25) is 5.91 Å². The topological polar surface area (TPSA) is 90.9 Å². The second kappa shape index (κ2) is 11.2. The van der Waals surface area contributed by atoms with E-state index in [0.29, 0.717) is 11.3 Å². The summed E-state index contributed by atoms with van der Waals surface area (Å²) in [6, 6.07) is 9.18. The highest BCUT2D eigenvalue weighted by molar-refractivity contribution is 7.18. The van der Waals surface area contributed by atoms with Gasteiger partial charge >= 0.3 is 11.9 Å². The number of para-hydroxylation sites is 1. The van der Waals surface area contributed by atoms with E-state index in [4.69, 9.17) is 14.2 Å². The van der Waals surface area contributed by atoms with Crippen molar-refractivity contribution in [3.05, 3.63) is 58.0 Å². The Morgan fingerprint density at radius 2 is 1.73 bits per heavy atom. The number of carbonyl (C=O) groups is 3. The first-order valence-electron chi connectivity index (χ1n) is 9.44. The third-order valence-corrected chi connectivity index (χ3v) is 4.98. The Morgan fingerprint density at radius 3 is 2.37 bits per heavy atom. The van der Waals surface area contributed by atoms with Crippen LogP contribution in [0.2, 0.25) is 0 Å². The summed E-state index contributed by atoms with van der Waals surface area (Å²) in [5.74, 6) is -0.916. The molecule has 0 unspecified atom stereocenters. The van der Waals surface area contributed by atoms with Crippen molar-refractivity contribution in [1.82, 2.24) is 0 Å². The van der Waals surface area contributed by atoms with Crippen LogP contribution in [0.1, 0.15) is 46.4 Å². The Labute approximate surface area is 179 Å². The SMILES string of the molecule is CCOC(=O)c1c(NC(=O)C=C(C)C)sc(C(=O)OCCOc2ccccc2)c1C. The van der Waals surface area contributed by atoms with E-state index < -0.39 is 17.8 Å². The Bertz CT molecular complexity index is 929. The molecule has 1 N–H and O–H groups in total. The van der Waals surface area contributed by atoms with Crippen molar-refractivity contribution in [1.29, 1.82) is 0 Å². The summed E-state index contributed by atoms with van der Waals surface area (Å²) in [6.07, 6.45) is 1.41. The maximum atomic E-state index is 12.5. The maximum Gasteiger partial charge on any atom is 0.348 e. The van der Waals surface area contributed by atoms with Gasteiger partial charge in [-0.3, -0.25) is 4.79 Å². The number of hydrogen-bond acceptors (Lipinski definition) is 7. The number of nitrogens with one attached hydrogen (secondary N) is 1. The molecule has 0 saturated heterocycles. The van der Waals surface area contributed by atoms with Crippen LogP contribution in [0.15, 0.2) is 42.0 Å². The van der Waals surface area contributed by atoms with Crippen molar-refractivity contribution >= 4 is 34.2 Å². The van der Waals surface area contributed by atoms with E-state index in [2.05, 4.69) is 5.32 Å². The van der Waals surface area contributed by atoms with Crippen molar-refractivity contribution in [2.24, 2.45) is 0 Å². The maximum absolute atomic E-state index is 12.5. The summed E-state index contributed by atoms with van der Waals surface area (Å²) >= 11 is 0.981. The average molecular weight is 432 g/mol. The molecule has 0 aliphatic heterocycles. The molecule has 1 amide bonds. The number of amides is 1. The number of rotatable bonds is 9. The number of hydrogen-bond donors (Lipinski definition) is 1. The second-order valence-electron chi connectivity index (χ2n) is 6.49. The minimum Gasteiger partial charge on any atom is -0.490 e. The fraction of sp³-hybridized carbons (Fsp3) is 0.318. The van der Waals surface area contributed by atoms with Gasteiger partial charge < -0.3 is 19.5 Å². The van der Waals surface area contributed by atoms with Crippen LogP contribution < -0.4 is 10.1 Å². The van der Waals surface area contributed by atoms with Gasteiger partial charge in [0.1, 0.15) is 28.8 Å². The number of anilines is 1. The number of thiophene rings is 1. The summed E-state index contributed by atoms with van der Waals surface area (Å²) < 4.78 is 15.9. The van der Waals surface area contributed by atoms with Crippen LogP contribution in [0.5, 0.6) is 5.75 Å². The predicted octanol–water partition coefficient (Wildman–Crippen LogP) is 4.37. The van der Waals surface area contributed by atoms with Crippen molar-refractivity contribution in [3.8, 4) is 5.75 Å². The molecule has 1 heterocycles. The largest absolute Gasteiger partial charge is 0.490 e. The molecule has 2 rings (SSSR count). The Morgan fingerprint density at radius 1 is 1.03 bits per heavy atom. The van der Waals surface area contributed by atoms with E-state index in [-0.39, 0.29) is 35.3 Å². The molecule has 2 aromatic rings. The Hall–Kier alpha value is -3.13. The van der Waals surface area contributed by atoms with Crippen LogP contribution in [-0.4, -0.2) is 37.7 Å². The van der Waals surface area contributed by atoms with Gasteiger partial charge in [-0.1, -0.05) is 23.8 Å². The third-order valence-electron chi connectivity index (χ3n) is 3.80. The van der Waals surface area contributed by atoms with Gasteiger partial charge in [0, 0.05) is 6.08 Å². The molecule has 1 aromatic carbocycles.